The van der Waals surface area contributed by atoms with E-state index in [4.69, 9.17) is 0 Å². The molecule has 0 spiro atoms. The van der Waals surface area contributed by atoms with Crippen LogP contribution in [0.4, 0.5) is 0 Å². The summed E-state index contributed by atoms with van der Waals surface area (Å²) in [5.74, 6) is -0.196. The van der Waals surface area contributed by atoms with Gasteiger partial charge in [-0.1, -0.05) is 43.6 Å². The first-order valence-corrected chi connectivity index (χ1v) is 6.71. The van der Waals surface area contributed by atoms with Crippen molar-refractivity contribution >= 4 is 11.8 Å². The van der Waals surface area contributed by atoms with Crippen LogP contribution in [0.25, 0.3) is 0 Å². The fraction of sp³-hybridized carbons (Fsp3) is 0.467. The summed E-state index contributed by atoms with van der Waals surface area (Å²) < 4.78 is 0. The van der Waals surface area contributed by atoms with Gasteiger partial charge in [0.1, 0.15) is 0 Å². The lowest BCUT2D eigenvalue weighted by Gasteiger charge is -2.30. The molecular formula is C15H17NO2. The van der Waals surface area contributed by atoms with Crippen molar-refractivity contribution < 1.29 is 9.59 Å². The first-order valence-electron chi connectivity index (χ1n) is 6.71. The van der Waals surface area contributed by atoms with Gasteiger partial charge in [-0.3, -0.25) is 14.5 Å². The minimum Gasteiger partial charge on any atom is -0.272 e. The molecule has 0 aromatic rings. The van der Waals surface area contributed by atoms with E-state index in [0.29, 0.717) is 5.57 Å². The highest BCUT2D eigenvalue weighted by Gasteiger charge is 2.38. The molecule has 1 aliphatic heterocycles. The molecule has 2 amide bonds. The van der Waals surface area contributed by atoms with Crippen molar-refractivity contribution in [2.75, 3.05) is 0 Å². The Balaban J connectivity index is 1.79. The molecule has 3 rings (SSSR count). The van der Waals surface area contributed by atoms with Gasteiger partial charge in [-0.05, 0) is 12.8 Å². The highest BCUT2D eigenvalue weighted by Crippen LogP contribution is 2.31. The Morgan fingerprint density at radius 2 is 1.67 bits per heavy atom. The number of imide groups is 1. The molecule has 0 bridgehead atoms. The van der Waals surface area contributed by atoms with E-state index in [2.05, 4.69) is 0 Å². The van der Waals surface area contributed by atoms with Crippen LogP contribution >= 0.6 is 0 Å². The molecule has 2 aliphatic carbocycles. The molecule has 1 saturated carbocycles. The lowest BCUT2D eigenvalue weighted by Crippen LogP contribution is -2.42. The topological polar surface area (TPSA) is 37.4 Å². The van der Waals surface area contributed by atoms with E-state index in [0.717, 1.165) is 25.7 Å². The Hall–Kier alpha value is -1.64. The minimum absolute atomic E-state index is 0.00459. The van der Waals surface area contributed by atoms with Crippen molar-refractivity contribution in [1.29, 1.82) is 0 Å². The molecule has 3 aliphatic rings. The molecule has 3 heteroatoms. The van der Waals surface area contributed by atoms with Gasteiger partial charge in [0.25, 0.3) is 11.8 Å². The summed E-state index contributed by atoms with van der Waals surface area (Å²) in [4.78, 5) is 25.9. The predicted octanol–water partition coefficient (Wildman–Crippen LogP) is 2.36. The number of hydrogen-bond donors (Lipinski definition) is 0. The van der Waals surface area contributed by atoms with Gasteiger partial charge in [-0.2, -0.15) is 0 Å². The highest BCUT2D eigenvalue weighted by molar-refractivity contribution is 6.17. The standard InChI is InChI=1S/C15H17NO2/c17-14-10-13(11-6-4-5-7-11)15(18)16(14)12-8-2-1-3-9-12/h4-7,10-12H,1-3,8-9H2. The molecule has 94 valence electrons. The molecule has 0 saturated heterocycles. The van der Waals surface area contributed by atoms with Gasteiger partial charge < -0.3 is 0 Å². The molecule has 0 unspecified atom stereocenters. The number of hydrogen-bond acceptors (Lipinski definition) is 2. The van der Waals surface area contributed by atoms with Crippen LogP contribution in [0.15, 0.2) is 36.0 Å². The average molecular weight is 243 g/mol. The summed E-state index contributed by atoms with van der Waals surface area (Å²) in [5.41, 5.74) is 0.635. The van der Waals surface area contributed by atoms with Crippen molar-refractivity contribution in [2.24, 2.45) is 5.92 Å². The average Bonchev–Trinajstić information content (AvgIpc) is 2.99. The predicted molar refractivity (Wildman–Crippen MR) is 68.6 cm³/mol. The highest BCUT2D eigenvalue weighted by atomic mass is 16.2. The van der Waals surface area contributed by atoms with Crippen molar-refractivity contribution in [3.05, 3.63) is 36.0 Å². The second kappa shape index (κ2) is 4.56. The van der Waals surface area contributed by atoms with Crippen molar-refractivity contribution in [1.82, 2.24) is 4.90 Å². The number of allylic oxidation sites excluding steroid dienone is 4. The fourth-order valence-electron chi connectivity index (χ4n) is 3.07. The van der Waals surface area contributed by atoms with E-state index < -0.39 is 0 Å². The van der Waals surface area contributed by atoms with E-state index in [1.54, 1.807) is 0 Å². The van der Waals surface area contributed by atoms with Crippen LogP contribution in [-0.4, -0.2) is 22.8 Å². The minimum atomic E-state index is -0.115. The second-order valence-corrected chi connectivity index (χ2v) is 5.20. The molecule has 0 aromatic heterocycles. The third-order valence-electron chi connectivity index (χ3n) is 4.03. The van der Waals surface area contributed by atoms with E-state index in [1.165, 1.54) is 17.4 Å². The molecular weight excluding hydrogens is 226 g/mol. The molecule has 0 atom stereocenters. The monoisotopic (exact) mass is 243 g/mol. The Bertz CT molecular complexity index is 455. The van der Waals surface area contributed by atoms with Gasteiger partial charge in [-0.15, -0.1) is 0 Å². The summed E-state index contributed by atoms with van der Waals surface area (Å²) in [6.45, 7) is 0. The van der Waals surface area contributed by atoms with Gasteiger partial charge in [0.05, 0.1) is 0 Å². The third-order valence-corrected chi connectivity index (χ3v) is 4.03. The van der Waals surface area contributed by atoms with Crippen molar-refractivity contribution in [2.45, 2.75) is 38.1 Å². The summed E-state index contributed by atoms with van der Waals surface area (Å²) in [6.07, 6.45) is 14.7. The van der Waals surface area contributed by atoms with Gasteiger partial charge >= 0.3 is 0 Å². The van der Waals surface area contributed by atoms with E-state index in [-0.39, 0.29) is 23.8 Å². The Morgan fingerprint density at radius 1 is 1.00 bits per heavy atom. The molecule has 0 N–H and O–H groups in total. The molecule has 0 aromatic carbocycles. The van der Waals surface area contributed by atoms with Gasteiger partial charge in [-0.25, -0.2) is 0 Å². The number of carbonyl (C=O) groups excluding carboxylic acids is 2. The lowest BCUT2D eigenvalue weighted by molar-refractivity contribution is -0.140. The van der Waals surface area contributed by atoms with E-state index >= 15 is 0 Å². The maximum Gasteiger partial charge on any atom is 0.258 e. The Kier molecular flexibility index (Phi) is 2.90. The SMILES string of the molecule is O=C1C=C(C2C=CC=C2)C(=O)N1C1CCCCC1. The molecule has 1 fully saturated rings. The normalized spacial score (nSPS) is 25.3. The quantitative estimate of drug-likeness (QED) is 0.698. The number of amides is 2. The maximum absolute atomic E-state index is 12.4. The largest absolute Gasteiger partial charge is 0.272 e. The smallest absolute Gasteiger partial charge is 0.258 e. The van der Waals surface area contributed by atoms with Crippen LogP contribution in [0.2, 0.25) is 0 Å². The van der Waals surface area contributed by atoms with Crippen LogP contribution in [0.3, 0.4) is 0 Å². The zero-order valence-corrected chi connectivity index (χ0v) is 10.3. The summed E-state index contributed by atoms with van der Waals surface area (Å²) in [5, 5.41) is 0. The molecule has 0 radical (unpaired) electrons. The zero-order valence-electron chi connectivity index (χ0n) is 10.3. The van der Waals surface area contributed by atoms with Crippen LogP contribution in [0.5, 0.6) is 0 Å². The molecule has 18 heavy (non-hydrogen) atoms. The van der Waals surface area contributed by atoms with E-state index in [9.17, 15) is 9.59 Å². The van der Waals surface area contributed by atoms with Crippen LogP contribution < -0.4 is 0 Å². The van der Waals surface area contributed by atoms with Crippen LogP contribution in [0, 0.1) is 5.92 Å². The van der Waals surface area contributed by atoms with E-state index in [1.807, 2.05) is 24.3 Å². The number of nitrogens with zero attached hydrogens (tertiary/aromatic N) is 1. The van der Waals surface area contributed by atoms with Crippen LogP contribution in [0.1, 0.15) is 32.1 Å². The fourth-order valence-corrected chi connectivity index (χ4v) is 3.07. The molecule has 1 heterocycles. The third kappa shape index (κ3) is 1.84. The lowest BCUT2D eigenvalue weighted by atomic mass is 9.94. The van der Waals surface area contributed by atoms with Gasteiger partial charge in [0.15, 0.2) is 0 Å². The first kappa shape index (κ1) is 11.5. The second-order valence-electron chi connectivity index (χ2n) is 5.20. The molecule has 3 nitrogen and oxygen atoms in total. The number of rotatable bonds is 2. The number of carbonyl (C=O) groups is 2. The Labute approximate surface area is 107 Å². The maximum atomic E-state index is 12.4. The summed E-state index contributed by atoms with van der Waals surface area (Å²) in [6, 6.07) is 0.127. The van der Waals surface area contributed by atoms with Gasteiger partial charge in [0.2, 0.25) is 0 Å². The van der Waals surface area contributed by atoms with Gasteiger partial charge in [0, 0.05) is 23.6 Å². The summed E-state index contributed by atoms with van der Waals surface area (Å²) in [7, 11) is 0. The van der Waals surface area contributed by atoms with Crippen molar-refractivity contribution in [3.63, 3.8) is 0 Å². The van der Waals surface area contributed by atoms with Crippen LogP contribution in [-0.2, 0) is 9.59 Å². The van der Waals surface area contributed by atoms with Crippen molar-refractivity contribution in [3.8, 4) is 0 Å². The zero-order chi connectivity index (χ0) is 12.5. The Morgan fingerprint density at radius 3 is 2.33 bits per heavy atom. The first-order chi connectivity index (χ1) is 8.77. The summed E-state index contributed by atoms with van der Waals surface area (Å²) >= 11 is 0.